The molecule has 0 atom stereocenters. The Morgan fingerprint density at radius 1 is 1.19 bits per heavy atom. The minimum atomic E-state index is -0.756. The first kappa shape index (κ1) is 20.7. The molecule has 0 radical (unpaired) electrons. The Labute approximate surface area is 185 Å². The number of hydrogen-bond donors (Lipinski definition) is 2. The number of hydrogen-bond acceptors (Lipinski definition) is 8. The molecule has 0 unspecified atom stereocenters. The van der Waals surface area contributed by atoms with Crippen LogP contribution < -0.4 is 15.4 Å². The van der Waals surface area contributed by atoms with E-state index in [1.165, 1.54) is 6.42 Å². The molecule has 2 fully saturated rings. The van der Waals surface area contributed by atoms with E-state index < -0.39 is 5.60 Å². The van der Waals surface area contributed by atoms with Gasteiger partial charge in [0.2, 0.25) is 10.1 Å². The number of imidazole rings is 1. The third-order valence-corrected chi connectivity index (χ3v) is 7.96. The van der Waals surface area contributed by atoms with Crippen LogP contribution >= 0.6 is 11.3 Å². The number of benzene rings is 1. The van der Waals surface area contributed by atoms with Crippen molar-refractivity contribution >= 4 is 21.4 Å². The van der Waals surface area contributed by atoms with E-state index in [2.05, 4.69) is 28.1 Å². The van der Waals surface area contributed by atoms with E-state index in [-0.39, 0.29) is 5.60 Å². The normalized spacial score (nSPS) is 20.1. The molecule has 1 saturated carbocycles. The van der Waals surface area contributed by atoms with Gasteiger partial charge in [-0.05, 0) is 49.8 Å². The minimum absolute atomic E-state index is 0.188. The molecule has 3 heterocycles. The summed E-state index contributed by atoms with van der Waals surface area (Å²) in [5, 5.41) is 16.2. The Hall–Kier alpha value is -2.20. The molecule has 0 bridgehead atoms. The van der Waals surface area contributed by atoms with Crippen LogP contribution in [0.15, 0.2) is 24.4 Å². The maximum Gasteiger partial charge on any atom is 0.214 e. The van der Waals surface area contributed by atoms with E-state index in [4.69, 9.17) is 20.3 Å². The van der Waals surface area contributed by atoms with Crippen LogP contribution in [0.2, 0.25) is 0 Å². The first-order valence-electron chi connectivity index (χ1n) is 10.8. The van der Waals surface area contributed by atoms with Gasteiger partial charge >= 0.3 is 0 Å². The lowest BCUT2D eigenvalue weighted by Gasteiger charge is -2.41. The summed E-state index contributed by atoms with van der Waals surface area (Å²) in [7, 11) is 3.48. The maximum atomic E-state index is 10.4. The van der Waals surface area contributed by atoms with Crippen LogP contribution in [0.5, 0.6) is 5.75 Å². The van der Waals surface area contributed by atoms with Crippen molar-refractivity contribution in [3.63, 3.8) is 0 Å². The lowest BCUT2D eigenvalue weighted by molar-refractivity contribution is -0.0779. The summed E-state index contributed by atoms with van der Waals surface area (Å²) < 4.78 is 13.5. The number of aromatic nitrogens is 3. The Bertz CT molecular complexity index is 1080. The van der Waals surface area contributed by atoms with Crippen molar-refractivity contribution in [2.45, 2.75) is 43.3 Å². The van der Waals surface area contributed by atoms with Crippen LogP contribution in [0, 0.1) is 0 Å². The number of rotatable bonds is 6. The molecule has 2 aromatic heterocycles. The van der Waals surface area contributed by atoms with Crippen molar-refractivity contribution in [2.75, 3.05) is 38.8 Å². The van der Waals surface area contributed by atoms with Crippen molar-refractivity contribution in [3.05, 3.63) is 30.0 Å². The van der Waals surface area contributed by atoms with E-state index in [9.17, 15) is 5.11 Å². The van der Waals surface area contributed by atoms with Gasteiger partial charge < -0.3 is 25.2 Å². The van der Waals surface area contributed by atoms with Gasteiger partial charge in [-0.15, -0.1) is 5.10 Å². The highest BCUT2D eigenvalue weighted by atomic mass is 32.1. The van der Waals surface area contributed by atoms with Crippen molar-refractivity contribution in [1.82, 2.24) is 14.6 Å². The quantitative estimate of drug-likeness (QED) is 0.604. The first-order valence-corrected chi connectivity index (χ1v) is 11.6. The Morgan fingerprint density at radius 3 is 2.58 bits per heavy atom. The lowest BCUT2D eigenvalue weighted by Crippen LogP contribution is -2.48. The summed E-state index contributed by atoms with van der Waals surface area (Å²) in [6.07, 6.45) is 6.39. The van der Waals surface area contributed by atoms with Crippen LogP contribution in [0.25, 0.3) is 16.2 Å². The van der Waals surface area contributed by atoms with Gasteiger partial charge in [-0.2, -0.15) is 0 Å². The summed E-state index contributed by atoms with van der Waals surface area (Å²) in [5.41, 5.74) is 7.79. The molecule has 3 N–H and O–H groups in total. The third kappa shape index (κ3) is 3.40. The highest BCUT2D eigenvalue weighted by Crippen LogP contribution is 2.46. The van der Waals surface area contributed by atoms with E-state index in [0.29, 0.717) is 19.4 Å². The van der Waals surface area contributed by atoms with Crippen molar-refractivity contribution in [2.24, 2.45) is 5.73 Å². The smallest absolute Gasteiger partial charge is 0.214 e. The first-order chi connectivity index (χ1) is 15.0. The molecule has 1 aliphatic heterocycles. The van der Waals surface area contributed by atoms with E-state index >= 15 is 0 Å². The van der Waals surface area contributed by atoms with Gasteiger partial charge in [0.25, 0.3) is 0 Å². The summed E-state index contributed by atoms with van der Waals surface area (Å²) in [6, 6.07) is 6.30. The maximum absolute atomic E-state index is 10.4. The third-order valence-electron chi connectivity index (χ3n) is 6.97. The van der Waals surface area contributed by atoms with Gasteiger partial charge in [0.15, 0.2) is 0 Å². The summed E-state index contributed by atoms with van der Waals surface area (Å²) >= 11 is 1.56. The monoisotopic (exact) mass is 443 g/mol. The average molecular weight is 444 g/mol. The predicted molar refractivity (Wildman–Crippen MR) is 121 cm³/mol. The van der Waals surface area contributed by atoms with Gasteiger partial charge in [0.1, 0.15) is 5.75 Å². The van der Waals surface area contributed by atoms with Crippen LogP contribution in [0.3, 0.4) is 0 Å². The topological polar surface area (TPSA) is 98.1 Å². The second kappa shape index (κ2) is 7.74. The average Bonchev–Trinajstić information content (AvgIpc) is 3.35. The highest BCUT2D eigenvalue weighted by Gasteiger charge is 2.39. The largest absolute Gasteiger partial charge is 0.496 e. The fraction of sp³-hybridized carbons (Fsp3) is 0.545. The zero-order chi connectivity index (χ0) is 21.6. The molecule has 9 heteroatoms. The number of nitrogens with two attached hydrogens (primary N) is 1. The number of piperidine rings is 1. The fourth-order valence-electron chi connectivity index (χ4n) is 4.61. The summed E-state index contributed by atoms with van der Waals surface area (Å²) in [4.78, 5) is 7.63. The molecule has 166 valence electrons. The number of nitrogens with zero attached hydrogens (tertiary/aromatic N) is 4. The summed E-state index contributed by atoms with van der Waals surface area (Å²) in [6.45, 7) is 1.76. The molecule has 0 spiro atoms. The van der Waals surface area contributed by atoms with Gasteiger partial charge in [-0.3, -0.25) is 0 Å². The molecule has 1 aromatic carbocycles. The van der Waals surface area contributed by atoms with Crippen molar-refractivity contribution in [3.8, 4) is 17.0 Å². The molecule has 3 aromatic rings. The second-order valence-electron chi connectivity index (χ2n) is 8.60. The van der Waals surface area contributed by atoms with Crippen LogP contribution in [0.1, 0.15) is 37.7 Å². The number of anilines is 1. The zero-order valence-corrected chi connectivity index (χ0v) is 18.8. The Kier molecular flexibility index (Phi) is 5.16. The minimum Gasteiger partial charge on any atom is -0.496 e. The van der Waals surface area contributed by atoms with Crippen LogP contribution in [-0.4, -0.2) is 59.2 Å². The van der Waals surface area contributed by atoms with Crippen LogP contribution in [-0.2, 0) is 10.3 Å². The Morgan fingerprint density at radius 2 is 1.97 bits per heavy atom. The second-order valence-corrected chi connectivity index (χ2v) is 9.54. The number of ether oxygens (including phenoxy) is 2. The molecule has 0 amide bonds. The lowest BCUT2D eigenvalue weighted by atomic mass is 9.74. The number of fused-ring (bicyclic) bond motifs is 1. The SMILES string of the molecule is COc1cc(C2(OC)CCC2)ccc1-c1cnc2sc(N3CCC(O)(CN)CC3)nn12. The molecule has 1 aliphatic carbocycles. The molecular formula is C22H29N5O3S. The molecular weight excluding hydrogens is 414 g/mol. The molecule has 8 nitrogen and oxygen atoms in total. The van der Waals surface area contributed by atoms with Gasteiger partial charge in [0, 0.05) is 32.3 Å². The summed E-state index contributed by atoms with van der Waals surface area (Å²) in [5.74, 6) is 0.795. The van der Waals surface area contributed by atoms with Crippen molar-refractivity contribution < 1.29 is 14.6 Å². The number of aliphatic hydroxyl groups is 1. The molecule has 5 rings (SSSR count). The number of methoxy groups -OCH3 is 2. The predicted octanol–water partition coefficient (Wildman–Crippen LogP) is 2.78. The molecule has 31 heavy (non-hydrogen) atoms. The van der Waals surface area contributed by atoms with E-state index in [1.54, 1.807) is 25.6 Å². The highest BCUT2D eigenvalue weighted by molar-refractivity contribution is 7.20. The standard InChI is InChI=1S/C22H29N5O3S/c1-29-18-12-15(22(30-2)6-3-7-22)4-5-16(18)17-13-24-19-27(17)25-20(31-19)26-10-8-21(28,14-23)9-11-26/h4-5,12-13,28H,3,6-11,14,23H2,1-2H3. The van der Waals surface area contributed by atoms with E-state index in [1.807, 2.05) is 10.7 Å². The molecule has 2 aliphatic rings. The Balaban J connectivity index is 1.46. The molecule has 1 saturated heterocycles. The zero-order valence-electron chi connectivity index (χ0n) is 18.0. The van der Waals surface area contributed by atoms with Gasteiger partial charge in [-0.1, -0.05) is 17.4 Å². The van der Waals surface area contributed by atoms with Gasteiger partial charge in [-0.25, -0.2) is 9.50 Å². The van der Waals surface area contributed by atoms with Gasteiger partial charge in [0.05, 0.1) is 30.2 Å². The van der Waals surface area contributed by atoms with Crippen LogP contribution in [0.4, 0.5) is 5.13 Å². The fourth-order valence-corrected chi connectivity index (χ4v) is 5.54. The van der Waals surface area contributed by atoms with E-state index in [0.717, 1.165) is 58.6 Å². The van der Waals surface area contributed by atoms with Crippen molar-refractivity contribution in [1.29, 1.82) is 0 Å².